The van der Waals surface area contributed by atoms with Gasteiger partial charge in [-0.3, -0.25) is 0 Å². The highest BCUT2D eigenvalue weighted by Gasteiger charge is 2.19. The SMILES string of the molecule is CNC(Cc1cc(Br)cs1)CC1CCCCO1. The van der Waals surface area contributed by atoms with Gasteiger partial charge in [0, 0.05) is 27.4 Å². The lowest BCUT2D eigenvalue weighted by Crippen LogP contribution is -2.34. The monoisotopic (exact) mass is 317 g/mol. The Morgan fingerprint density at radius 2 is 2.47 bits per heavy atom. The lowest BCUT2D eigenvalue weighted by Gasteiger charge is -2.26. The molecule has 0 aliphatic carbocycles. The van der Waals surface area contributed by atoms with E-state index in [1.165, 1.54) is 28.6 Å². The van der Waals surface area contributed by atoms with Crippen LogP contribution in [0, 0.1) is 0 Å². The van der Waals surface area contributed by atoms with E-state index in [4.69, 9.17) is 4.74 Å². The van der Waals surface area contributed by atoms with Crippen molar-refractivity contribution in [3.05, 3.63) is 20.8 Å². The fourth-order valence-electron chi connectivity index (χ4n) is 2.32. The van der Waals surface area contributed by atoms with Crippen molar-refractivity contribution in [2.24, 2.45) is 0 Å². The predicted octanol–water partition coefficient (Wildman–Crippen LogP) is 3.60. The van der Waals surface area contributed by atoms with Crippen molar-refractivity contribution in [1.82, 2.24) is 5.32 Å². The van der Waals surface area contributed by atoms with E-state index in [9.17, 15) is 0 Å². The van der Waals surface area contributed by atoms with Gasteiger partial charge in [-0.2, -0.15) is 0 Å². The van der Waals surface area contributed by atoms with Crippen LogP contribution < -0.4 is 5.32 Å². The second-order valence-electron chi connectivity index (χ2n) is 4.65. The molecule has 2 unspecified atom stereocenters. The molecule has 2 rings (SSSR count). The van der Waals surface area contributed by atoms with Gasteiger partial charge in [0.15, 0.2) is 0 Å². The van der Waals surface area contributed by atoms with Crippen LogP contribution in [0.25, 0.3) is 0 Å². The van der Waals surface area contributed by atoms with E-state index in [1.54, 1.807) is 0 Å². The van der Waals surface area contributed by atoms with Gasteiger partial charge in [-0.1, -0.05) is 0 Å². The zero-order valence-corrected chi connectivity index (χ0v) is 12.6. The first kappa shape index (κ1) is 13.5. The minimum atomic E-state index is 0.463. The summed E-state index contributed by atoms with van der Waals surface area (Å²) in [4.78, 5) is 1.44. The Hall–Kier alpha value is 0.1000. The summed E-state index contributed by atoms with van der Waals surface area (Å²) in [5.74, 6) is 0. The molecule has 96 valence electrons. The number of rotatable bonds is 5. The highest BCUT2D eigenvalue weighted by atomic mass is 79.9. The number of hydrogen-bond donors (Lipinski definition) is 1. The molecule has 4 heteroatoms. The number of hydrogen-bond acceptors (Lipinski definition) is 3. The fourth-order valence-corrected chi connectivity index (χ4v) is 3.85. The molecule has 1 N–H and O–H groups in total. The van der Waals surface area contributed by atoms with Crippen LogP contribution in [-0.2, 0) is 11.2 Å². The van der Waals surface area contributed by atoms with Crippen LogP contribution in [0.5, 0.6) is 0 Å². The smallest absolute Gasteiger partial charge is 0.0590 e. The van der Waals surface area contributed by atoms with Gasteiger partial charge in [0.25, 0.3) is 0 Å². The quantitative estimate of drug-likeness (QED) is 0.896. The first-order valence-electron chi connectivity index (χ1n) is 6.29. The summed E-state index contributed by atoms with van der Waals surface area (Å²) in [5, 5.41) is 5.57. The summed E-state index contributed by atoms with van der Waals surface area (Å²) >= 11 is 5.34. The summed E-state index contributed by atoms with van der Waals surface area (Å²) in [6, 6.07) is 2.75. The number of halogens is 1. The van der Waals surface area contributed by atoms with Crippen LogP contribution in [0.3, 0.4) is 0 Å². The predicted molar refractivity (Wildman–Crippen MR) is 76.8 cm³/mol. The number of likely N-dealkylation sites (N-methyl/N-ethyl adjacent to an activating group) is 1. The van der Waals surface area contributed by atoms with Gasteiger partial charge in [-0.05, 0) is 61.1 Å². The van der Waals surface area contributed by atoms with Gasteiger partial charge < -0.3 is 10.1 Å². The number of ether oxygens (including phenoxy) is 1. The molecule has 0 radical (unpaired) electrons. The maximum absolute atomic E-state index is 5.81. The maximum Gasteiger partial charge on any atom is 0.0590 e. The van der Waals surface area contributed by atoms with Crippen molar-refractivity contribution in [3.8, 4) is 0 Å². The van der Waals surface area contributed by atoms with Crippen LogP contribution in [0.15, 0.2) is 15.9 Å². The second kappa shape index (κ2) is 6.88. The summed E-state index contributed by atoms with van der Waals surface area (Å²) in [6.07, 6.45) is 6.49. The first-order chi connectivity index (χ1) is 8.28. The van der Waals surface area contributed by atoms with Gasteiger partial charge in [0.1, 0.15) is 0 Å². The molecule has 1 fully saturated rings. The normalized spacial score (nSPS) is 22.6. The van der Waals surface area contributed by atoms with Crippen molar-refractivity contribution >= 4 is 27.3 Å². The standard InChI is InChI=1S/C13H20BrNOS/c1-15-11(7-12-4-2-3-5-16-12)8-13-6-10(14)9-17-13/h6,9,11-12,15H,2-5,7-8H2,1H3. The molecule has 1 aliphatic heterocycles. The Morgan fingerprint density at radius 3 is 3.06 bits per heavy atom. The molecule has 0 aromatic carbocycles. The van der Waals surface area contributed by atoms with Crippen LogP contribution in [0.4, 0.5) is 0 Å². The molecule has 1 saturated heterocycles. The van der Waals surface area contributed by atoms with E-state index in [2.05, 4.69) is 39.7 Å². The molecule has 1 aromatic heterocycles. The topological polar surface area (TPSA) is 21.3 Å². The Labute approximate surface area is 116 Å². The molecule has 1 aliphatic rings. The largest absolute Gasteiger partial charge is 0.378 e. The van der Waals surface area contributed by atoms with E-state index in [0.29, 0.717) is 12.1 Å². The third-order valence-electron chi connectivity index (χ3n) is 3.30. The van der Waals surface area contributed by atoms with Gasteiger partial charge in [-0.15, -0.1) is 11.3 Å². The number of nitrogens with one attached hydrogen (secondary N) is 1. The summed E-state index contributed by atoms with van der Waals surface area (Å²) in [5.41, 5.74) is 0. The van der Waals surface area contributed by atoms with Crippen LogP contribution in [0.2, 0.25) is 0 Å². The van der Waals surface area contributed by atoms with Crippen molar-refractivity contribution in [1.29, 1.82) is 0 Å². The average Bonchev–Trinajstić information content (AvgIpc) is 2.75. The molecular weight excluding hydrogens is 298 g/mol. The minimum Gasteiger partial charge on any atom is -0.378 e. The summed E-state index contributed by atoms with van der Waals surface area (Å²) < 4.78 is 7.00. The molecular formula is C13H20BrNOS. The molecule has 2 atom stereocenters. The van der Waals surface area contributed by atoms with Crippen molar-refractivity contribution in [2.75, 3.05) is 13.7 Å². The highest BCUT2D eigenvalue weighted by Crippen LogP contribution is 2.23. The van der Waals surface area contributed by atoms with E-state index in [0.717, 1.165) is 19.4 Å². The highest BCUT2D eigenvalue weighted by molar-refractivity contribution is 9.10. The third kappa shape index (κ3) is 4.36. The Balaban J connectivity index is 1.83. The van der Waals surface area contributed by atoms with Crippen molar-refractivity contribution in [2.45, 2.75) is 44.2 Å². The summed E-state index contributed by atoms with van der Waals surface area (Å²) in [6.45, 7) is 0.950. The van der Waals surface area contributed by atoms with E-state index in [-0.39, 0.29) is 0 Å². The zero-order chi connectivity index (χ0) is 12.1. The van der Waals surface area contributed by atoms with Crippen LogP contribution >= 0.6 is 27.3 Å². The third-order valence-corrected chi connectivity index (χ3v) is 5.02. The maximum atomic E-state index is 5.81. The van der Waals surface area contributed by atoms with Crippen LogP contribution in [0.1, 0.15) is 30.6 Å². The molecule has 1 aromatic rings. The Bertz CT molecular complexity index is 336. The zero-order valence-electron chi connectivity index (χ0n) is 10.2. The van der Waals surface area contributed by atoms with Gasteiger partial charge in [0.05, 0.1) is 6.10 Å². The minimum absolute atomic E-state index is 0.463. The van der Waals surface area contributed by atoms with E-state index < -0.39 is 0 Å². The van der Waals surface area contributed by atoms with Crippen LogP contribution in [-0.4, -0.2) is 25.8 Å². The van der Waals surface area contributed by atoms with Gasteiger partial charge in [-0.25, -0.2) is 0 Å². The van der Waals surface area contributed by atoms with Gasteiger partial charge in [0.2, 0.25) is 0 Å². The average molecular weight is 318 g/mol. The molecule has 0 spiro atoms. The molecule has 0 saturated carbocycles. The summed E-state index contributed by atoms with van der Waals surface area (Å²) in [7, 11) is 2.05. The molecule has 2 heterocycles. The first-order valence-corrected chi connectivity index (χ1v) is 7.97. The van der Waals surface area contributed by atoms with Crippen molar-refractivity contribution < 1.29 is 4.74 Å². The fraction of sp³-hybridized carbons (Fsp3) is 0.692. The van der Waals surface area contributed by atoms with Crippen molar-refractivity contribution in [3.63, 3.8) is 0 Å². The lowest BCUT2D eigenvalue weighted by molar-refractivity contribution is 0.00573. The molecule has 17 heavy (non-hydrogen) atoms. The lowest BCUT2D eigenvalue weighted by atomic mass is 9.99. The van der Waals surface area contributed by atoms with E-state index in [1.807, 2.05) is 11.3 Å². The van der Waals surface area contributed by atoms with E-state index >= 15 is 0 Å². The molecule has 0 bridgehead atoms. The Morgan fingerprint density at radius 1 is 1.59 bits per heavy atom. The molecule has 2 nitrogen and oxygen atoms in total. The van der Waals surface area contributed by atoms with Gasteiger partial charge >= 0.3 is 0 Å². The Kier molecular flexibility index (Phi) is 5.48. The number of thiophene rings is 1. The second-order valence-corrected chi connectivity index (χ2v) is 6.56. The molecule has 0 amide bonds.